The second kappa shape index (κ2) is 6.50. The summed E-state index contributed by atoms with van der Waals surface area (Å²) in [6, 6.07) is 0. The van der Waals surface area contributed by atoms with Crippen LogP contribution in [0.15, 0.2) is 0 Å². The molecular formula is C12H24N2O2S. The molecule has 1 amide bonds. The van der Waals surface area contributed by atoms with Gasteiger partial charge in [0.1, 0.15) is 5.60 Å². The third-order valence-electron chi connectivity index (χ3n) is 2.50. The highest BCUT2D eigenvalue weighted by molar-refractivity contribution is 7.99. The minimum absolute atomic E-state index is 0.185. The normalized spacial score (nSPS) is 21.4. The number of nitrogens with zero attached hydrogens (tertiary/aromatic N) is 1. The van der Waals surface area contributed by atoms with Gasteiger partial charge in [0.2, 0.25) is 0 Å². The maximum absolute atomic E-state index is 11.9. The Bertz CT molecular complexity index is 253. The van der Waals surface area contributed by atoms with Crippen LogP contribution in [-0.2, 0) is 4.74 Å². The number of rotatable bonds is 3. The zero-order valence-electron chi connectivity index (χ0n) is 11.1. The number of amides is 1. The molecule has 100 valence electrons. The van der Waals surface area contributed by atoms with Crippen molar-refractivity contribution in [3.05, 3.63) is 0 Å². The lowest BCUT2D eigenvalue weighted by atomic mass is 10.1. The van der Waals surface area contributed by atoms with Crippen molar-refractivity contribution in [3.8, 4) is 0 Å². The van der Waals surface area contributed by atoms with Gasteiger partial charge in [-0.3, -0.25) is 0 Å². The van der Waals surface area contributed by atoms with Gasteiger partial charge in [-0.25, -0.2) is 4.79 Å². The highest BCUT2D eigenvalue weighted by Gasteiger charge is 2.27. The summed E-state index contributed by atoms with van der Waals surface area (Å²) < 4.78 is 5.38. The SMILES string of the molecule is CC(C)(C)OC(=O)N1CCCC(SCCN)C1. The molecule has 5 heteroatoms. The number of carbonyl (C=O) groups is 1. The molecule has 1 atom stereocenters. The number of nitrogens with two attached hydrogens (primary N) is 1. The molecule has 1 saturated heterocycles. The lowest BCUT2D eigenvalue weighted by molar-refractivity contribution is 0.0220. The molecule has 1 unspecified atom stereocenters. The van der Waals surface area contributed by atoms with Crippen LogP contribution in [0.2, 0.25) is 0 Å². The fourth-order valence-electron chi connectivity index (χ4n) is 1.80. The van der Waals surface area contributed by atoms with Gasteiger partial charge in [0.25, 0.3) is 0 Å². The molecule has 0 aliphatic carbocycles. The minimum atomic E-state index is -0.408. The minimum Gasteiger partial charge on any atom is -0.444 e. The molecule has 1 rings (SSSR count). The summed E-state index contributed by atoms with van der Waals surface area (Å²) in [6.07, 6.45) is 2.04. The fraction of sp³-hybridized carbons (Fsp3) is 0.917. The second-order valence-corrected chi connectivity index (χ2v) is 6.76. The highest BCUT2D eigenvalue weighted by atomic mass is 32.2. The zero-order chi connectivity index (χ0) is 12.9. The first kappa shape index (κ1) is 14.6. The molecule has 0 aromatic rings. The first-order valence-electron chi connectivity index (χ1n) is 6.22. The molecule has 0 bridgehead atoms. The maximum Gasteiger partial charge on any atom is 0.410 e. The molecular weight excluding hydrogens is 236 g/mol. The number of hydrogen-bond donors (Lipinski definition) is 1. The summed E-state index contributed by atoms with van der Waals surface area (Å²) in [4.78, 5) is 13.7. The molecule has 17 heavy (non-hydrogen) atoms. The molecule has 1 fully saturated rings. The van der Waals surface area contributed by atoms with Gasteiger partial charge in [-0.1, -0.05) is 0 Å². The van der Waals surface area contributed by atoms with Gasteiger partial charge in [0, 0.05) is 30.6 Å². The average molecular weight is 260 g/mol. The molecule has 1 heterocycles. The molecule has 0 spiro atoms. The molecule has 0 saturated carbocycles. The number of carbonyl (C=O) groups excluding carboxylic acids is 1. The van der Waals surface area contributed by atoms with Gasteiger partial charge < -0.3 is 15.4 Å². The third-order valence-corrected chi connectivity index (χ3v) is 3.83. The Kier molecular flexibility index (Phi) is 5.59. The van der Waals surface area contributed by atoms with Gasteiger partial charge in [-0.15, -0.1) is 0 Å². The Morgan fingerprint density at radius 1 is 1.53 bits per heavy atom. The first-order valence-corrected chi connectivity index (χ1v) is 7.27. The van der Waals surface area contributed by atoms with Crippen molar-refractivity contribution < 1.29 is 9.53 Å². The van der Waals surface area contributed by atoms with Crippen molar-refractivity contribution in [2.45, 2.75) is 44.5 Å². The van der Waals surface area contributed by atoms with E-state index in [0.29, 0.717) is 11.8 Å². The van der Waals surface area contributed by atoms with Crippen molar-refractivity contribution in [1.29, 1.82) is 0 Å². The van der Waals surface area contributed by atoms with Gasteiger partial charge in [-0.05, 0) is 33.6 Å². The van der Waals surface area contributed by atoms with Crippen molar-refractivity contribution in [1.82, 2.24) is 4.90 Å². The van der Waals surface area contributed by atoms with Gasteiger partial charge in [-0.2, -0.15) is 11.8 Å². The number of piperidine rings is 1. The van der Waals surface area contributed by atoms with Crippen LogP contribution in [0.25, 0.3) is 0 Å². The molecule has 0 radical (unpaired) electrons. The number of ether oxygens (including phenoxy) is 1. The quantitative estimate of drug-likeness (QED) is 0.844. The predicted molar refractivity (Wildman–Crippen MR) is 72.3 cm³/mol. The van der Waals surface area contributed by atoms with Gasteiger partial charge in [0.15, 0.2) is 0 Å². The van der Waals surface area contributed by atoms with E-state index < -0.39 is 5.60 Å². The fourth-order valence-corrected chi connectivity index (χ4v) is 2.89. The van der Waals surface area contributed by atoms with E-state index in [-0.39, 0.29) is 6.09 Å². The molecule has 0 aromatic heterocycles. The van der Waals surface area contributed by atoms with Crippen LogP contribution in [0.5, 0.6) is 0 Å². The molecule has 2 N–H and O–H groups in total. The van der Waals surface area contributed by atoms with Gasteiger partial charge in [0.05, 0.1) is 0 Å². The molecule has 1 aliphatic rings. The Morgan fingerprint density at radius 2 is 2.24 bits per heavy atom. The topological polar surface area (TPSA) is 55.6 Å². The number of likely N-dealkylation sites (tertiary alicyclic amines) is 1. The van der Waals surface area contributed by atoms with Crippen molar-refractivity contribution in [3.63, 3.8) is 0 Å². The van der Waals surface area contributed by atoms with E-state index in [0.717, 1.165) is 25.3 Å². The standard InChI is InChI=1S/C12H24N2O2S/c1-12(2,3)16-11(15)14-7-4-5-10(9-14)17-8-6-13/h10H,4-9,13H2,1-3H3. The third kappa shape index (κ3) is 5.64. The molecule has 0 aromatic carbocycles. The van der Waals surface area contributed by atoms with Gasteiger partial charge >= 0.3 is 6.09 Å². The molecule has 1 aliphatic heterocycles. The summed E-state index contributed by atoms with van der Waals surface area (Å²) >= 11 is 1.86. The number of thioether (sulfide) groups is 1. The average Bonchev–Trinajstić information content (AvgIpc) is 2.24. The highest BCUT2D eigenvalue weighted by Crippen LogP contribution is 2.23. The largest absolute Gasteiger partial charge is 0.444 e. The smallest absolute Gasteiger partial charge is 0.410 e. The summed E-state index contributed by atoms with van der Waals surface area (Å²) in [5, 5.41) is 0.514. The summed E-state index contributed by atoms with van der Waals surface area (Å²) in [7, 11) is 0. The van der Waals surface area contributed by atoms with E-state index in [1.54, 1.807) is 0 Å². The lowest BCUT2D eigenvalue weighted by Gasteiger charge is -2.33. The van der Waals surface area contributed by atoms with Crippen LogP contribution >= 0.6 is 11.8 Å². The summed E-state index contributed by atoms with van der Waals surface area (Å²) in [5.74, 6) is 0.965. The van der Waals surface area contributed by atoms with E-state index in [9.17, 15) is 4.79 Å². The predicted octanol–water partition coefficient (Wildman–Crippen LogP) is 2.08. The van der Waals surface area contributed by atoms with Crippen molar-refractivity contribution >= 4 is 17.9 Å². The number of hydrogen-bond acceptors (Lipinski definition) is 4. The Balaban J connectivity index is 2.40. The van der Waals surface area contributed by atoms with Crippen LogP contribution in [0.1, 0.15) is 33.6 Å². The van der Waals surface area contributed by atoms with Crippen LogP contribution in [0.4, 0.5) is 4.79 Å². The lowest BCUT2D eigenvalue weighted by Crippen LogP contribution is -2.44. The zero-order valence-corrected chi connectivity index (χ0v) is 11.9. The van der Waals surface area contributed by atoms with E-state index in [1.165, 1.54) is 6.42 Å². The maximum atomic E-state index is 11.9. The Morgan fingerprint density at radius 3 is 2.82 bits per heavy atom. The Hall–Kier alpha value is -0.420. The first-order chi connectivity index (χ1) is 7.92. The monoisotopic (exact) mass is 260 g/mol. The van der Waals surface area contributed by atoms with Crippen LogP contribution in [0, 0.1) is 0 Å². The second-order valence-electron chi connectivity index (χ2n) is 5.35. The van der Waals surface area contributed by atoms with Crippen molar-refractivity contribution in [2.75, 3.05) is 25.4 Å². The Labute approximate surface area is 108 Å². The van der Waals surface area contributed by atoms with Crippen LogP contribution < -0.4 is 5.73 Å². The summed E-state index contributed by atoms with van der Waals surface area (Å²) in [5.41, 5.74) is 5.09. The van der Waals surface area contributed by atoms with Crippen molar-refractivity contribution in [2.24, 2.45) is 5.73 Å². The van der Waals surface area contributed by atoms with E-state index >= 15 is 0 Å². The van der Waals surface area contributed by atoms with E-state index in [2.05, 4.69) is 0 Å². The van der Waals surface area contributed by atoms with Crippen LogP contribution in [-0.4, -0.2) is 47.2 Å². The van der Waals surface area contributed by atoms with E-state index in [1.807, 2.05) is 37.4 Å². The van der Waals surface area contributed by atoms with Crippen LogP contribution in [0.3, 0.4) is 0 Å². The summed E-state index contributed by atoms with van der Waals surface area (Å²) in [6.45, 7) is 8.00. The molecule has 4 nitrogen and oxygen atoms in total. The van der Waals surface area contributed by atoms with E-state index in [4.69, 9.17) is 10.5 Å².